The van der Waals surface area contributed by atoms with Gasteiger partial charge in [0, 0.05) is 12.3 Å². The van der Waals surface area contributed by atoms with Crippen molar-refractivity contribution in [2.75, 3.05) is 7.11 Å². The molecule has 4 rings (SSSR count). The summed E-state index contributed by atoms with van der Waals surface area (Å²) < 4.78 is 7.38. The Morgan fingerprint density at radius 1 is 1.34 bits per heavy atom. The maximum absolute atomic E-state index is 12.5. The van der Waals surface area contributed by atoms with Crippen LogP contribution in [0.25, 0.3) is 11.8 Å². The Labute approximate surface area is 175 Å². The maximum atomic E-state index is 12.5. The van der Waals surface area contributed by atoms with E-state index in [1.807, 2.05) is 42.0 Å². The van der Waals surface area contributed by atoms with Gasteiger partial charge in [0.15, 0.2) is 0 Å². The molecule has 148 valence electrons. The fourth-order valence-electron chi connectivity index (χ4n) is 3.70. The zero-order chi connectivity index (χ0) is 20.4. The van der Waals surface area contributed by atoms with Crippen LogP contribution >= 0.6 is 11.6 Å². The number of ether oxygens (including phenoxy) is 1. The van der Waals surface area contributed by atoms with Crippen LogP contribution in [0.4, 0.5) is 0 Å². The zero-order valence-electron chi connectivity index (χ0n) is 16.4. The average molecular weight is 408 g/mol. The van der Waals surface area contributed by atoms with Gasteiger partial charge >= 0.3 is 0 Å². The molecule has 1 aliphatic rings. The zero-order valence-corrected chi connectivity index (χ0v) is 17.1. The summed E-state index contributed by atoms with van der Waals surface area (Å²) >= 11 is 6.46. The molecule has 0 radical (unpaired) electrons. The highest BCUT2D eigenvalue weighted by atomic mass is 35.5. The number of aromatic nitrogens is 2. The Balaban J connectivity index is 1.51. The summed E-state index contributed by atoms with van der Waals surface area (Å²) in [4.78, 5) is 16.7. The van der Waals surface area contributed by atoms with E-state index in [1.165, 1.54) is 17.2 Å². The van der Waals surface area contributed by atoms with Gasteiger partial charge in [-0.15, -0.1) is 0 Å². The van der Waals surface area contributed by atoms with Crippen molar-refractivity contribution in [3.63, 3.8) is 0 Å². The summed E-state index contributed by atoms with van der Waals surface area (Å²) in [6, 6.07) is 11.9. The monoisotopic (exact) mass is 407 g/mol. The van der Waals surface area contributed by atoms with Crippen LogP contribution in [0.15, 0.2) is 55.0 Å². The van der Waals surface area contributed by atoms with Gasteiger partial charge in [-0.2, -0.15) is 0 Å². The topological polar surface area (TPSA) is 56.1 Å². The molecule has 1 unspecified atom stereocenters. The number of halogens is 1. The number of rotatable bonds is 5. The smallest absolute Gasteiger partial charge is 0.244 e. The van der Waals surface area contributed by atoms with E-state index in [0.717, 1.165) is 24.2 Å². The van der Waals surface area contributed by atoms with Gasteiger partial charge in [-0.25, -0.2) is 4.98 Å². The van der Waals surface area contributed by atoms with E-state index < -0.39 is 0 Å². The average Bonchev–Trinajstić information content (AvgIpc) is 3.33. The van der Waals surface area contributed by atoms with E-state index in [2.05, 4.69) is 22.4 Å². The van der Waals surface area contributed by atoms with Crippen molar-refractivity contribution in [1.29, 1.82) is 0 Å². The number of methoxy groups -OCH3 is 1. The highest BCUT2D eigenvalue weighted by Crippen LogP contribution is 2.32. The number of nitrogens with one attached hydrogen (secondary N) is 1. The molecule has 0 fully saturated rings. The minimum absolute atomic E-state index is 0.0558. The normalized spacial score (nSPS) is 15.5. The van der Waals surface area contributed by atoms with Crippen molar-refractivity contribution in [3.8, 4) is 11.4 Å². The fraction of sp³-hybridized carbons (Fsp3) is 0.217. The van der Waals surface area contributed by atoms with Crippen LogP contribution < -0.4 is 10.1 Å². The number of fused-ring (bicyclic) bond motifs is 1. The highest BCUT2D eigenvalue weighted by molar-refractivity contribution is 6.32. The van der Waals surface area contributed by atoms with E-state index in [9.17, 15) is 4.79 Å². The lowest BCUT2D eigenvalue weighted by molar-refractivity contribution is -0.117. The molecular weight excluding hydrogens is 386 g/mol. The largest absolute Gasteiger partial charge is 0.495 e. The van der Waals surface area contributed by atoms with Gasteiger partial charge < -0.3 is 14.6 Å². The molecule has 1 heterocycles. The third kappa shape index (κ3) is 4.05. The van der Waals surface area contributed by atoms with Crippen LogP contribution in [-0.2, 0) is 11.2 Å². The van der Waals surface area contributed by atoms with Crippen molar-refractivity contribution >= 4 is 23.6 Å². The predicted octanol–water partition coefficient (Wildman–Crippen LogP) is 4.66. The second-order valence-electron chi connectivity index (χ2n) is 7.10. The van der Waals surface area contributed by atoms with Crippen molar-refractivity contribution in [3.05, 3.63) is 82.4 Å². The van der Waals surface area contributed by atoms with E-state index in [0.29, 0.717) is 16.3 Å². The number of imidazole rings is 1. The number of carbonyl (C=O) groups excluding carboxylic acids is 1. The van der Waals surface area contributed by atoms with Crippen molar-refractivity contribution in [2.45, 2.75) is 25.8 Å². The molecule has 3 aromatic rings. The first-order valence-corrected chi connectivity index (χ1v) is 9.88. The fourth-order valence-corrected chi connectivity index (χ4v) is 3.92. The summed E-state index contributed by atoms with van der Waals surface area (Å²) in [6.45, 7) is 1.92. The van der Waals surface area contributed by atoms with Gasteiger partial charge in [-0.1, -0.05) is 35.9 Å². The molecule has 0 saturated heterocycles. The van der Waals surface area contributed by atoms with Crippen LogP contribution in [-0.4, -0.2) is 22.6 Å². The Hall–Kier alpha value is -3.05. The quantitative estimate of drug-likeness (QED) is 0.626. The van der Waals surface area contributed by atoms with Crippen LogP contribution in [0.3, 0.4) is 0 Å². The number of hydrogen-bond donors (Lipinski definition) is 1. The van der Waals surface area contributed by atoms with Crippen molar-refractivity contribution in [2.24, 2.45) is 0 Å². The van der Waals surface area contributed by atoms with E-state index >= 15 is 0 Å². The Kier molecular flexibility index (Phi) is 5.41. The van der Waals surface area contributed by atoms with Gasteiger partial charge in [-0.3, -0.25) is 4.79 Å². The molecule has 6 heteroatoms. The molecule has 5 nitrogen and oxygen atoms in total. The van der Waals surface area contributed by atoms with Gasteiger partial charge in [0.1, 0.15) is 5.75 Å². The number of carbonyl (C=O) groups is 1. The predicted molar refractivity (Wildman–Crippen MR) is 115 cm³/mol. The Morgan fingerprint density at radius 3 is 2.93 bits per heavy atom. The van der Waals surface area contributed by atoms with Crippen LogP contribution in [0.1, 0.15) is 34.8 Å². The Bertz CT molecular complexity index is 1090. The third-order valence-electron chi connectivity index (χ3n) is 5.15. The number of aryl methyl sites for hydroxylation is 2. The van der Waals surface area contributed by atoms with Gasteiger partial charge in [0.2, 0.25) is 5.91 Å². The molecule has 1 aromatic heterocycles. The van der Waals surface area contributed by atoms with E-state index in [-0.39, 0.29) is 11.9 Å². The molecule has 29 heavy (non-hydrogen) atoms. The molecule has 0 spiro atoms. The van der Waals surface area contributed by atoms with Gasteiger partial charge in [-0.05, 0) is 54.7 Å². The van der Waals surface area contributed by atoms with E-state index in [4.69, 9.17) is 16.3 Å². The lowest BCUT2D eigenvalue weighted by atomic mass is 10.1. The molecule has 1 atom stereocenters. The van der Waals surface area contributed by atoms with Crippen molar-refractivity contribution < 1.29 is 9.53 Å². The maximum Gasteiger partial charge on any atom is 0.244 e. The summed E-state index contributed by atoms with van der Waals surface area (Å²) in [5.74, 6) is 0.507. The first-order valence-electron chi connectivity index (χ1n) is 9.50. The lowest BCUT2D eigenvalue weighted by Gasteiger charge is -2.13. The first-order chi connectivity index (χ1) is 14.0. The van der Waals surface area contributed by atoms with Gasteiger partial charge in [0.25, 0.3) is 0 Å². The molecule has 1 amide bonds. The molecule has 0 saturated carbocycles. The minimum atomic E-state index is -0.143. The summed E-state index contributed by atoms with van der Waals surface area (Å²) in [5, 5.41) is 3.61. The number of nitrogens with zero attached hydrogens (tertiary/aromatic N) is 2. The molecule has 1 aliphatic carbocycles. The summed E-state index contributed by atoms with van der Waals surface area (Å²) in [6.07, 6.45) is 8.75. The second kappa shape index (κ2) is 8.13. The molecule has 0 aliphatic heterocycles. The SMILES string of the molecule is COc1cc(/C=C/C(=O)NC2CCc3ccccc32)c(Cl)cc1-n1cnc(C)c1. The van der Waals surface area contributed by atoms with Crippen molar-refractivity contribution in [1.82, 2.24) is 14.9 Å². The second-order valence-corrected chi connectivity index (χ2v) is 7.51. The highest BCUT2D eigenvalue weighted by Gasteiger charge is 2.22. The van der Waals surface area contributed by atoms with Crippen LogP contribution in [0.5, 0.6) is 5.75 Å². The number of benzene rings is 2. The van der Waals surface area contributed by atoms with E-state index in [1.54, 1.807) is 19.5 Å². The van der Waals surface area contributed by atoms with Gasteiger partial charge in [0.05, 0.1) is 35.9 Å². The van der Waals surface area contributed by atoms with Crippen LogP contribution in [0.2, 0.25) is 5.02 Å². The van der Waals surface area contributed by atoms with Crippen LogP contribution in [0, 0.1) is 6.92 Å². The molecule has 1 N–H and O–H groups in total. The lowest BCUT2D eigenvalue weighted by Crippen LogP contribution is -2.25. The summed E-state index contributed by atoms with van der Waals surface area (Å²) in [5.41, 5.74) is 4.92. The first kappa shape index (κ1) is 19.3. The third-order valence-corrected chi connectivity index (χ3v) is 5.48. The molecule has 0 bridgehead atoms. The standard InChI is InChI=1S/C23H22ClN3O2/c1-15-13-27(14-25-15)21-12-19(24)17(11-22(21)29-2)8-10-23(28)26-20-9-7-16-5-3-4-6-18(16)20/h3-6,8,10-14,20H,7,9H2,1-2H3,(H,26,28)/b10-8+. The molecular formula is C23H22ClN3O2. The number of hydrogen-bond acceptors (Lipinski definition) is 3. The Morgan fingerprint density at radius 2 is 2.17 bits per heavy atom. The molecule has 2 aromatic carbocycles. The summed E-state index contributed by atoms with van der Waals surface area (Å²) in [7, 11) is 1.61. The number of amides is 1. The minimum Gasteiger partial charge on any atom is -0.495 e.